The maximum Gasteiger partial charge on any atom is 0.419 e. The minimum Gasteiger partial charge on any atom is -0.324 e. The van der Waals surface area contributed by atoms with Crippen molar-refractivity contribution in [1.82, 2.24) is 24.5 Å². The summed E-state index contributed by atoms with van der Waals surface area (Å²) in [5.74, 6) is 0.0824. The van der Waals surface area contributed by atoms with Crippen molar-refractivity contribution in [1.29, 1.82) is 0 Å². The summed E-state index contributed by atoms with van der Waals surface area (Å²) in [6.07, 6.45) is -0.948. The number of anilines is 2. The number of hydrogen-bond acceptors (Lipinski definition) is 6. The second-order valence-electron chi connectivity index (χ2n) is 5.76. The molecule has 2 N–H and O–H groups in total. The number of benzene rings is 1. The number of aromatic nitrogens is 4. The Bertz CT molecular complexity index is 954. The van der Waals surface area contributed by atoms with Crippen molar-refractivity contribution in [3.05, 3.63) is 47.9 Å². The highest BCUT2D eigenvalue weighted by molar-refractivity contribution is 7.97. The smallest absolute Gasteiger partial charge is 0.324 e. The van der Waals surface area contributed by atoms with Crippen LogP contribution in [0.5, 0.6) is 0 Å². The molecule has 142 valence electrons. The van der Waals surface area contributed by atoms with E-state index in [4.69, 9.17) is 0 Å². The third-order valence-corrected chi connectivity index (χ3v) is 4.43. The van der Waals surface area contributed by atoms with E-state index in [-0.39, 0.29) is 17.2 Å². The molecule has 0 bridgehead atoms. The summed E-state index contributed by atoms with van der Waals surface area (Å²) in [4.78, 5) is 8.97. The van der Waals surface area contributed by atoms with Crippen molar-refractivity contribution < 1.29 is 13.2 Å². The van der Waals surface area contributed by atoms with Crippen molar-refractivity contribution in [3.63, 3.8) is 0 Å². The molecule has 0 atom stereocenters. The summed E-state index contributed by atoms with van der Waals surface area (Å²) in [6, 6.07) is 5.68. The first-order valence-electron chi connectivity index (χ1n) is 7.92. The Morgan fingerprint density at radius 3 is 2.56 bits per heavy atom. The number of alkyl halides is 3. The van der Waals surface area contributed by atoms with E-state index < -0.39 is 11.7 Å². The van der Waals surface area contributed by atoms with E-state index in [1.807, 2.05) is 32.2 Å². The van der Waals surface area contributed by atoms with Gasteiger partial charge in [0.2, 0.25) is 5.95 Å². The van der Waals surface area contributed by atoms with Crippen LogP contribution in [0.2, 0.25) is 0 Å². The summed E-state index contributed by atoms with van der Waals surface area (Å²) in [5, 5.41) is 6.92. The Morgan fingerprint density at radius 2 is 1.96 bits per heavy atom. The Labute approximate surface area is 158 Å². The topological polar surface area (TPSA) is 67.7 Å². The Balaban J connectivity index is 1.98. The van der Waals surface area contributed by atoms with Crippen LogP contribution < -0.4 is 10.0 Å². The molecule has 10 heteroatoms. The van der Waals surface area contributed by atoms with E-state index in [1.54, 1.807) is 7.05 Å². The second kappa shape index (κ2) is 7.57. The van der Waals surface area contributed by atoms with Crippen LogP contribution in [0.25, 0.3) is 11.3 Å². The molecule has 0 aliphatic carbocycles. The van der Waals surface area contributed by atoms with Crippen molar-refractivity contribution in [3.8, 4) is 11.3 Å². The first-order chi connectivity index (χ1) is 12.8. The fraction of sp³-hybridized carbons (Fsp3) is 0.235. The molecule has 0 radical (unpaired) electrons. The molecule has 0 amide bonds. The molecule has 2 aromatic heterocycles. The van der Waals surface area contributed by atoms with Gasteiger partial charge in [-0.25, -0.2) is 9.97 Å². The minimum atomic E-state index is -4.56. The third-order valence-electron chi connectivity index (χ3n) is 3.74. The van der Waals surface area contributed by atoms with Gasteiger partial charge in [0, 0.05) is 35.6 Å². The van der Waals surface area contributed by atoms with Gasteiger partial charge in [-0.15, -0.1) is 0 Å². The van der Waals surface area contributed by atoms with Gasteiger partial charge in [-0.3, -0.25) is 9.40 Å². The summed E-state index contributed by atoms with van der Waals surface area (Å²) < 4.78 is 44.4. The average Bonchev–Trinajstić information content (AvgIpc) is 3.03. The van der Waals surface area contributed by atoms with Crippen molar-refractivity contribution in [2.75, 3.05) is 12.4 Å². The monoisotopic (exact) mass is 394 g/mol. The highest BCUT2D eigenvalue weighted by atomic mass is 32.2. The van der Waals surface area contributed by atoms with Gasteiger partial charge in [-0.05, 0) is 49.7 Å². The lowest BCUT2D eigenvalue weighted by Gasteiger charge is -2.14. The van der Waals surface area contributed by atoms with Crippen LogP contribution in [0.1, 0.15) is 11.1 Å². The quantitative estimate of drug-likeness (QED) is 0.633. The first kappa shape index (κ1) is 19.2. The van der Waals surface area contributed by atoms with Gasteiger partial charge >= 0.3 is 6.18 Å². The number of rotatable bonds is 5. The maximum absolute atomic E-state index is 13.3. The average molecular weight is 394 g/mol. The highest BCUT2D eigenvalue weighted by Gasteiger charge is 2.35. The van der Waals surface area contributed by atoms with E-state index in [0.29, 0.717) is 5.69 Å². The van der Waals surface area contributed by atoms with Crippen molar-refractivity contribution in [2.45, 2.75) is 18.0 Å². The Kier molecular flexibility index (Phi) is 5.38. The van der Waals surface area contributed by atoms with Gasteiger partial charge in [0.25, 0.3) is 0 Å². The Morgan fingerprint density at radius 1 is 1.19 bits per heavy atom. The van der Waals surface area contributed by atoms with E-state index in [1.165, 1.54) is 29.0 Å². The summed E-state index contributed by atoms with van der Waals surface area (Å²) in [5.41, 5.74) is 0.786. The zero-order chi connectivity index (χ0) is 19.6. The van der Waals surface area contributed by atoms with Crippen LogP contribution in [0.3, 0.4) is 0 Å². The summed E-state index contributed by atoms with van der Waals surface area (Å²) in [7, 11) is 3.45. The van der Waals surface area contributed by atoms with Gasteiger partial charge in [-0.1, -0.05) is 0 Å². The molecule has 3 aromatic rings. The highest BCUT2D eigenvalue weighted by Crippen LogP contribution is 2.36. The second-order valence-corrected chi connectivity index (χ2v) is 6.85. The predicted molar refractivity (Wildman–Crippen MR) is 98.6 cm³/mol. The number of nitrogens with one attached hydrogen (secondary N) is 2. The molecule has 0 saturated heterocycles. The lowest BCUT2D eigenvalue weighted by Crippen LogP contribution is -2.11. The normalized spacial score (nSPS) is 11.6. The lowest BCUT2D eigenvalue weighted by atomic mass is 10.1. The number of nitrogens with zero attached hydrogens (tertiary/aromatic N) is 4. The molecule has 0 unspecified atom stereocenters. The molecule has 0 fully saturated rings. The lowest BCUT2D eigenvalue weighted by molar-refractivity contribution is -0.137. The van der Waals surface area contributed by atoms with Crippen LogP contribution in [-0.2, 0) is 13.2 Å². The van der Waals surface area contributed by atoms with Crippen LogP contribution >= 0.6 is 11.9 Å². The third kappa shape index (κ3) is 4.40. The number of aryl methyl sites for hydroxylation is 2. The number of halogens is 3. The molecular formula is C17H17F3N6S. The van der Waals surface area contributed by atoms with Gasteiger partial charge in [0.05, 0.1) is 11.9 Å². The largest absolute Gasteiger partial charge is 0.419 e. The zero-order valence-electron chi connectivity index (χ0n) is 14.8. The van der Waals surface area contributed by atoms with E-state index in [0.717, 1.165) is 16.7 Å². The first-order valence-corrected chi connectivity index (χ1v) is 8.74. The maximum atomic E-state index is 13.3. The fourth-order valence-corrected chi connectivity index (χ4v) is 3.10. The molecule has 3 rings (SSSR count). The van der Waals surface area contributed by atoms with Crippen LogP contribution in [-0.4, -0.2) is 26.8 Å². The SMILES string of the molecule is CNSc1ccc(Nc2ncc(C(F)(F)F)c(-c3cnn(C)c3)n2)c(C)c1. The number of hydrogen-bond donors (Lipinski definition) is 2. The van der Waals surface area contributed by atoms with Gasteiger partial charge < -0.3 is 5.32 Å². The predicted octanol–water partition coefficient (Wildman–Crippen LogP) is 4.17. The molecule has 2 heterocycles. The zero-order valence-corrected chi connectivity index (χ0v) is 15.6. The Hall–Kier alpha value is -2.59. The van der Waals surface area contributed by atoms with Crippen LogP contribution in [0.15, 0.2) is 41.7 Å². The summed E-state index contributed by atoms with van der Waals surface area (Å²) >= 11 is 1.47. The van der Waals surface area contributed by atoms with E-state index in [2.05, 4.69) is 25.1 Å². The minimum absolute atomic E-state index is 0.0824. The van der Waals surface area contributed by atoms with Gasteiger partial charge in [-0.2, -0.15) is 18.3 Å². The van der Waals surface area contributed by atoms with E-state index in [9.17, 15) is 13.2 Å². The molecule has 6 nitrogen and oxygen atoms in total. The molecule has 1 aromatic carbocycles. The molecule has 27 heavy (non-hydrogen) atoms. The molecule has 0 aliphatic rings. The van der Waals surface area contributed by atoms with Gasteiger partial charge in [0.15, 0.2) is 0 Å². The molecular weight excluding hydrogens is 377 g/mol. The van der Waals surface area contributed by atoms with Crippen LogP contribution in [0, 0.1) is 6.92 Å². The van der Waals surface area contributed by atoms with Gasteiger partial charge in [0.1, 0.15) is 5.56 Å². The van der Waals surface area contributed by atoms with Crippen LogP contribution in [0.4, 0.5) is 24.8 Å². The molecule has 0 saturated carbocycles. The molecule has 0 aliphatic heterocycles. The van der Waals surface area contributed by atoms with E-state index >= 15 is 0 Å². The van der Waals surface area contributed by atoms with Crippen molar-refractivity contribution in [2.24, 2.45) is 7.05 Å². The standard InChI is InChI=1S/C17H17F3N6S/c1-10-6-12(27-21-2)4-5-14(10)24-16-22-8-13(17(18,19)20)15(25-16)11-7-23-26(3)9-11/h4-9,21H,1-3H3,(H,22,24,25). The molecule has 0 spiro atoms. The van der Waals surface area contributed by atoms with Crippen molar-refractivity contribution >= 4 is 23.6 Å². The summed E-state index contributed by atoms with van der Waals surface area (Å²) in [6.45, 7) is 1.90. The fourth-order valence-electron chi connectivity index (χ4n) is 2.49.